The summed E-state index contributed by atoms with van der Waals surface area (Å²) in [6, 6.07) is 15.4. The highest BCUT2D eigenvalue weighted by molar-refractivity contribution is 7.40. The zero-order valence-corrected chi connectivity index (χ0v) is 13.6. The molecule has 0 radical (unpaired) electrons. The number of carbonyl (C=O) groups excluding carboxylic acids is 2. The Bertz CT molecular complexity index is 582. The molecule has 2 aromatic rings. The fourth-order valence-electron chi connectivity index (χ4n) is 1.93. The van der Waals surface area contributed by atoms with Crippen LogP contribution in [0.1, 0.15) is 11.1 Å². The average molecular weight is 318 g/mol. The Morgan fingerprint density at radius 3 is 1.33 bits per heavy atom. The monoisotopic (exact) mass is 318 g/mol. The van der Waals surface area contributed by atoms with E-state index in [1.54, 1.807) is 0 Å². The van der Waals surface area contributed by atoms with Gasteiger partial charge in [0.05, 0.1) is 0 Å². The van der Waals surface area contributed by atoms with Crippen molar-refractivity contribution in [3.63, 3.8) is 0 Å². The van der Waals surface area contributed by atoms with Gasteiger partial charge in [-0.3, -0.25) is 9.59 Å². The minimum absolute atomic E-state index is 0.158. The predicted octanol–water partition coefficient (Wildman–Crippen LogP) is 4.09. The molecule has 4 nitrogen and oxygen atoms in total. The molecule has 2 amide bonds. The van der Waals surface area contributed by atoms with Gasteiger partial charge in [-0.1, -0.05) is 24.3 Å². The Morgan fingerprint density at radius 2 is 1.05 bits per heavy atom. The Hall–Kier alpha value is -1.76. The summed E-state index contributed by atoms with van der Waals surface area (Å²) >= 11 is 0. The van der Waals surface area contributed by atoms with E-state index in [4.69, 9.17) is 0 Å². The van der Waals surface area contributed by atoms with E-state index < -0.39 is 0 Å². The summed E-state index contributed by atoms with van der Waals surface area (Å²) in [5.41, 5.74) is 3.54. The van der Waals surface area contributed by atoms with Crippen molar-refractivity contribution in [2.24, 2.45) is 0 Å². The third-order valence-corrected chi connectivity index (χ3v) is 3.14. The molecule has 0 aliphatic heterocycles. The number of benzene rings is 2. The van der Waals surface area contributed by atoms with Crippen LogP contribution >= 0.6 is 18.5 Å². The normalized spacial score (nSPS) is 10.0. The SMILES string of the molecule is O=C(P)Nc1ccc(Cc2ccc(NC(=O)P)cc2)cc1. The van der Waals surface area contributed by atoms with Gasteiger partial charge < -0.3 is 10.6 Å². The first-order valence-corrected chi connectivity index (χ1v) is 7.49. The molecule has 0 saturated heterocycles. The van der Waals surface area contributed by atoms with E-state index in [9.17, 15) is 9.59 Å². The number of hydrogen-bond acceptors (Lipinski definition) is 2. The number of hydrogen-bond donors (Lipinski definition) is 2. The lowest BCUT2D eigenvalue weighted by molar-refractivity contribution is 0.269. The van der Waals surface area contributed by atoms with Crippen LogP contribution in [0.5, 0.6) is 0 Å². The van der Waals surface area contributed by atoms with E-state index >= 15 is 0 Å². The van der Waals surface area contributed by atoms with Crippen molar-refractivity contribution in [3.8, 4) is 0 Å². The summed E-state index contributed by atoms with van der Waals surface area (Å²) in [6.45, 7) is 0. The van der Waals surface area contributed by atoms with Crippen molar-refractivity contribution >= 4 is 41.2 Å². The summed E-state index contributed by atoms with van der Waals surface area (Å²) in [6.07, 6.45) is 0.796. The molecule has 0 aliphatic carbocycles. The molecule has 0 aliphatic rings. The molecule has 0 saturated carbocycles. The second kappa shape index (κ2) is 7.31. The van der Waals surface area contributed by atoms with Crippen LogP contribution in [-0.2, 0) is 6.42 Å². The van der Waals surface area contributed by atoms with Crippen molar-refractivity contribution in [1.29, 1.82) is 0 Å². The average Bonchev–Trinajstić information content (AvgIpc) is 2.42. The molecule has 21 heavy (non-hydrogen) atoms. The number of nitrogens with one attached hydrogen (secondary N) is 2. The second-order valence-electron chi connectivity index (χ2n) is 4.55. The first-order chi connectivity index (χ1) is 10.0. The molecule has 0 heterocycles. The van der Waals surface area contributed by atoms with E-state index in [-0.39, 0.29) is 11.3 Å². The van der Waals surface area contributed by atoms with Crippen LogP contribution < -0.4 is 10.6 Å². The van der Waals surface area contributed by atoms with Gasteiger partial charge in [-0.25, -0.2) is 0 Å². The van der Waals surface area contributed by atoms with Crippen molar-refractivity contribution in [2.45, 2.75) is 6.42 Å². The summed E-state index contributed by atoms with van der Waals surface area (Å²) in [7, 11) is 4.17. The Kier molecular flexibility index (Phi) is 5.44. The lowest BCUT2D eigenvalue weighted by Gasteiger charge is -2.06. The smallest absolute Gasteiger partial charge is 0.239 e. The Labute approximate surface area is 128 Å². The molecule has 108 valence electrons. The van der Waals surface area contributed by atoms with Gasteiger partial charge in [0.2, 0.25) is 11.3 Å². The Balaban J connectivity index is 2.01. The van der Waals surface area contributed by atoms with Gasteiger partial charge in [-0.2, -0.15) is 0 Å². The first kappa shape index (κ1) is 15.6. The molecular formula is C15H16N2O2P2. The van der Waals surface area contributed by atoms with Gasteiger partial charge in [0.15, 0.2) is 0 Å². The van der Waals surface area contributed by atoms with E-state index in [0.29, 0.717) is 0 Å². The second-order valence-corrected chi connectivity index (χ2v) is 5.60. The lowest BCUT2D eigenvalue weighted by atomic mass is 10.0. The highest BCUT2D eigenvalue weighted by Crippen LogP contribution is 2.16. The molecule has 0 bridgehead atoms. The molecule has 2 atom stereocenters. The topological polar surface area (TPSA) is 58.2 Å². The van der Waals surface area contributed by atoms with Gasteiger partial charge in [0.1, 0.15) is 0 Å². The fourth-order valence-corrected chi connectivity index (χ4v) is 2.27. The fraction of sp³-hybridized carbons (Fsp3) is 0.0667. The van der Waals surface area contributed by atoms with Crippen LogP contribution in [0.25, 0.3) is 0 Å². The van der Waals surface area contributed by atoms with Crippen molar-refractivity contribution in [3.05, 3.63) is 59.7 Å². The zero-order chi connectivity index (χ0) is 15.2. The number of anilines is 2. The van der Waals surface area contributed by atoms with Gasteiger partial charge in [0.25, 0.3) is 0 Å². The van der Waals surface area contributed by atoms with Crippen LogP contribution in [0.2, 0.25) is 0 Å². The molecule has 0 spiro atoms. The quantitative estimate of drug-likeness (QED) is 0.834. The Morgan fingerprint density at radius 1 is 0.714 bits per heavy atom. The predicted molar refractivity (Wildman–Crippen MR) is 93.1 cm³/mol. The molecule has 2 unspecified atom stereocenters. The van der Waals surface area contributed by atoms with E-state index in [1.807, 2.05) is 48.5 Å². The number of rotatable bonds is 4. The van der Waals surface area contributed by atoms with Crippen molar-refractivity contribution in [2.75, 3.05) is 10.6 Å². The largest absolute Gasteiger partial charge is 0.323 e. The molecule has 6 heteroatoms. The highest BCUT2D eigenvalue weighted by Gasteiger charge is 2.00. The van der Waals surface area contributed by atoms with Crippen molar-refractivity contribution < 1.29 is 9.59 Å². The molecule has 0 aromatic heterocycles. The highest BCUT2D eigenvalue weighted by atomic mass is 31.0. The molecule has 0 fully saturated rings. The van der Waals surface area contributed by atoms with Gasteiger partial charge in [-0.05, 0) is 60.3 Å². The minimum Gasteiger partial charge on any atom is -0.323 e. The third kappa shape index (κ3) is 5.26. The summed E-state index contributed by atoms with van der Waals surface area (Å²) in [4.78, 5) is 21.8. The summed E-state index contributed by atoms with van der Waals surface area (Å²) in [5.74, 6) is 0. The van der Waals surface area contributed by atoms with Crippen LogP contribution in [0.3, 0.4) is 0 Å². The maximum Gasteiger partial charge on any atom is 0.239 e. The lowest BCUT2D eigenvalue weighted by Crippen LogP contribution is -2.00. The van der Waals surface area contributed by atoms with E-state index in [2.05, 4.69) is 29.1 Å². The maximum absolute atomic E-state index is 10.9. The van der Waals surface area contributed by atoms with Crippen LogP contribution in [0.4, 0.5) is 21.0 Å². The zero-order valence-electron chi connectivity index (χ0n) is 11.3. The van der Waals surface area contributed by atoms with Gasteiger partial charge >= 0.3 is 0 Å². The van der Waals surface area contributed by atoms with Gasteiger partial charge in [0, 0.05) is 11.4 Å². The third-order valence-electron chi connectivity index (χ3n) is 2.85. The van der Waals surface area contributed by atoms with E-state index in [0.717, 1.165) is 28.9 Å². The maximum atomic E-state index is 10.9. The summed E-state index contributed by atoms with van der Waals surface area (Å²) < 4.78 is 0. The van der Waals surface area contributed by atoms with Crippen LogP contribution in [-0.4, -0.2) is 11.3 Å². The number of amides is 2. The minimum atomic E-state index is -0.158. The molecule has 2 N–H and O–H groups in total. The molecular weight excluding hydrogens is 302 g/mol. The molecule has 2 aromatic carbocycles. The van der Waals surface area contributed by atoms with Crippen LogP contribution in [0, 0.1) is 0 Å². The number of carbonyl (C=O) groups is 2. The van der Waals surface area contributed by atoms with Crippen molar-refractivity contribution in [1.82, 2.24) is 0 Å². The van der Waals surface area contributed by atoms with Crippen LogP contribution in [0.15, 0.2) is 48.5 Å². The van der Waals surface area contributed by atoms with E-state index in [1.165, 1.54) is 0 Å². The standard InChI is InChI=1S/C15H16N2O2P2/c18-14(20)16-12-5-1-10(2-6-12)9-11-3-7-13(8-4-11)17-15(19)21/h1-8H,9,20-21H2,(H,16,18)(H,17,19). The molecule has 2 rings (SSSR count). The first-order valence-electron chi connectivity index (χ1n) is 6.34. The van der Waals surface area contributed by atoms with Gasteiger partial charge in [-0.15, -0.1) is 0 Å². The summed E-state index contributed by atoms with van der Waals surface area (Å²) in [5, 5.41) is 5.41.